The van der Waals surface area contributed by atoms with Crippen LogP contribution < -0.4 is 4.74 Å². The fourth-order valence-corrected chi connectivity index (χ4v) is 5.06. The molecule has 1 saturated heterocycles. The van der Waals surface area contributed by atoms with Crippen molar-refractivity contribution in [1.82, 2.24) is 25.0 Å². The first-order valence-corrected chi connectivity index (χ1v) is 11.3. The minimum atomic E-state index is 0.0296. The van der Waals surface area contributed by atoms with Gasteiger partial charge in [-0.25, -0.2) is 4.98 Å². The summed E-state index contributed by atoms with van der Waals surface area (Å²) in [6.07, 6.45) is 4.40. The van der Waals surface area contributed by atoms with Crippen LogP contribution >= 0.6 is 11.3 Å². The number of carbonyl (C=O) groups excluding carboxylic acids is 1. The van der Waals surface area contributed by atoms with Gasteiger partial charge in [0, 0.05) is 68.5 Å². The molecule has 1 N–H and O–H groups in total. The minimum Gasteiger partial charge on any atom is -0.492 e. The number of benzene rings is 1. The average Bonchev–Trinajstić information content (AvgIpc) is 3.45. The molecule has 162 valence electrons. The number of thiazole rings is 1. The zero-order valence-corrected chi connectivity index (χ0v) is 18.3. The Morgan fingerprint density at radius 1 is 1.26 bits per heavy atom. The third-order valence-corrected chi connectivity index (χ3v) is 6.91. The van der Waals surface area contributed by atoms with Gasteiger partial charge in [-0.05, 0) is 17.7 Å². The molecular weight excluding hydrogens is 414 g/mol. The standard InChI is InChI=1S/C22H25N5O3S/c1-29-11-9-26-5-7-27(8-6-26)22(28)21-25-20-17-3-2-15(16-13-23-24-14-16)12-18(17)30-10-4-19(20)31-21/h2-3,12-14H,4-11H2,1H3,(H,23,24). The van der Waals surface area contributed by atoms with Crippen LogP contribution in [-0.2, 0) is 11.2 Å². The highest BCUT2D eigenvalue weighted by Gasteiger charge is 2.27. The number of H-pyrrole nitrogens is 1. The Morgan fingerprint density at radius 2 is 2.13 bits per heavy atom. The predicted molar refractivity (Wildman–Crippen MR) is 119 cm³/mol. The van der Waals surface area contributed by atoms with Crippen molar-refractivity contribution >= 4 is 17.2 Å². The molecule has 0 unspecified atom stereocenters. The molecule has 2 aliphatic heterocycles. The van der Waals surface area contributed by atoms with E-state index in [9.17, 15) is 4.79 Å². The molecule has 1 fully saturated rings. The molecule has 31 heavy (non-hydrogen) atoms. The molecule has 1 aromatic carbocycles. The van der Waals surface area contributed by atoms with Crippen LogP contribution in [0.25, 0.3) is 22.4 Å². The smallest absolute Gasteiger partial charge is 0.282 e. The Hall–Kier alpha value is -2.75. The van der Waals surface area contributed by atoms with Gasteiger partial charge in [0.25, 0.3) is 5.91 Å². The van der Waals surface area contributed by atoms with Crippen molar-refractivity contribution in [3.8, 4) is 28.1 Å². The number of nitrogens with zero attached hydrogens (tertiary/aromatic N) is 4. The van der Waals surface area contributed by atoms with Crippen LogP contribution in [0.15, 0.2) is 30.6 Å². The number of piperazine rings is 1. The molecule has 9 heteroatoms. The number of carbonyl (C=O) groups is 1. The summed E-state index contributed by atoms with van der Waals surface area (Å²) in [6, 6.07) is 6.10. The number of nitrogens with one attached hydrogen (secondary N) is 1. The van der Waals surface area contributed by atoms with Crippen LogP contribution in [0.1, 0.15) is 14.7 Å². The highest BCUT2D eigenvalue weighted by molar-refractivity contribution is 7.14. The fraction of sp³-hybridized carbons (Fsp3) is 0.409. The number of ether oxygens (including phenoxy) is 2. The summed E-state index contributed by atoms with van der Waals surface area (Å²) in [4.78, 5) is 23.3. The van der Waals surface area contributed by atoms with Crippen LogP contribution in [0.5, 0.6) is 5.75 Å². The number of hydrogen-bond acceptors (Lipinski definition) is 7. The summed E-state index contributed by atoms with van der Waals surface area (Å²) in [5, 5.41) is 7.44. The quantitative estimate of drug-likeness (QED) is 0.658. The topological polar surface area (TPSA) is 83.6 Å². The molecule has 4 heterocycles. The van der Waals surface area contributed by atoms with E-state index in [0.717, 1.165) is 78.8 Å². The van der Waals surface area contributed by atoms with E-state index in [2.05, 4.69) is 15.1 Å². The number of aromatic nitrogens is 3. The van der Waals surface area contributed by atoms with E-state index in [4.69, 9.17) is 14.5 Å². The number of amides is 1. The lowest BCUT2D eigenvalue weighted by Gasteiger charge is -2.34. The molecular formula is C22H25N5O3S. The van der Waals surface area contributed by atoms with Gasteiger partial charge in [0.2, 0.25) is 0 Å². The summed E-state index contributed by atoms with van der Waals surface area (Å²) < 4.78 is 11.2. The highest BCUT2D eigenvalue weighted by atomic mass is 32.1. The molecule has 0 saturated carbocycles. The van der Waals surface area contributed by atoms with Gasteiger partial charge in [0.05, 0.1) is 25.1 Å². The van der Waals surface area contributed by atoms with Crippen LogP contribution in [-0.4, -0.2) is 83.9 Å². The van der Waals surface area contributed by atoms with E-state index in [1.54, 1.807) is 13.3 Å². The van der Waals surface area contributed by atoms with Crippen molar-refractivity contribution in [3.63, 3.8) is 0 Å². The van der Waals surface area contributed by atoms with E-state index in [1.807, 2.05) is 29.3 Å². The van der Waals surface area contributed by atoms with Crippen molar-refractivity contribution in [2.75, 3.05) is 53.0 Å². The fourth-order valence-electron chi connectivity index (χ4n) is 4.03. The summed E-state index contributed by atoms with van der Waals surface area (Å²) in [6.45, 7) is 5.38. The van der Waals surface area contributed by atoms with Crippen LogP contribution in [0.3, 0.4) is 0 Å². The first-order valence-electron chi connectivity index (χ1n) is 10.5. The lowest BCUT2D eigenvalue weighted by molar-refractivity contribution is 0.0594. The summed E-state index contributed by atoms with van der Waals surface area (Å²) in [5.41, 5.74) is 3.86. The summed E-state index contributed by atoms with van der Waals surface area (Å²) in [5.74, 6) is 0.829. The second-order valence-electron chi connectivity index (χ2n) is 7.71. The van der Waals surface area contributed by atoms with Gasteiger partial charge in [-0.2, -0.15) is 5.10 Å². The molecule has 3 aromatic rings. The van der Waals surface area contributed by atoms with Crippen LogP contribution in [0.2, 0.25) is 0 Å². The van der Waals surface area contributed by atoms with E-state index < -0.39 is 0 Å². The number of hydrogen-bond donors (Lipinski definition) is 1. The van der Waals surface area contributed by atoms with Gasteiger partial charge in [0.15, 0.2) is 5.01 Å². The molecule has 0 aliphatic carbocycles. The third-order valence-electron chi connectivity index (χ3n) is 5.81. The molecule has 0 radical (unpaired) electrons. The van der Waals surface area contributed by atoms with E-state index in [0.29, 0.717) is 11.6 Å². The second kappa shape index (κ2) is 8.78. The maximum absolute atomic E-state index is 13.1. The normalized spacial score (nSPS) is 16.4. The van der Waals surface area contributed by atoms with Crippen molar-refractivity contribution in [3.05, 3.63) is 40.5 Å². The Balaban J connectivity index is 1.36. The molecule has 1 amide bonds. The van der Waals surface area contributed by atoms with Gasteiger partial charge in [-0.1, -0.05) is 6.07 Å². The first kappa shape index (κ1) is 20.2. The summed E-state index contributed by atoms with van der Waals surface area (Å²) >= 11 is 1.50. The Labute approximate surface area is 184 Å². The monoisotopic (exact) mass is 439 g/mol. The second-order valence-corrected chi connectivity index (χ2v) is 8.80. The third kappa shape index (κ3) is 4.08. The maximum Gasteiger partial charge on any atom is 0.282 e. The van der Waals surface area contributed by atoms with Crippen molar-refractivity contribution in [1.29, 1.82) is 0 Å². The average molecular weight is 440 g/mol. The molecule has 2 aromatic heterocycles. The molecule has 2 aliphatic rings. The molecule has 0 spiro atoms. The van der Waals surface area contributed by atoms with Crippen LogP contribution in [0, 0.1) is 0 Å². The SMILES string of the molecule is COCCN1CCN(C(=O)c2nc3c(s2)CCOc2cc(-c4cn[nH]c4)ccc2-3)CC1. The molecule has 5 rings (SSSR count). The number of rotatable bonds is 5. The van der Waals surface area contributed by atoms with E-state index in [1.165, 1.54) is 11.3 Å². The van der Waals surface area contributed by atoms with Gasteiger partial charge in [-0.15, -0.1) is 11.3 Å². The first-order chi connectivity index (χ1) is 15.2. The lowest BCUT2D eigenvalue weighted by atomic mass is 10.0. The zero-order valence-electron chi connectivity index (χ0n) is 17.5. The van der Waals surface area contributed by atoms with Gasteiger partial charge in [0.1, 0.15) is 5.75 Å². The van der Waals surface area contributed by atoms with Gasteiger partial charge >= 0.3 is 0 Å². The number of methoxy groups -OCH3 is 1. The van der Waals surface area contributed by atoms with Gasteiger partial charge in [-0.3, -0.25) is 14.8 Å². The molecule has 0 atom stereocenters. The summed E-state index contributed by atoms with van der Waals surface area (Å²) in [7, 11) is 1.72. The molecule has 0 bridgehead atoms. The van der Waals surface area contributed by atoms with E-state index in [-0.39, 0.29) is 5.91 Å². The largest absolute Gasteiger partial charge is 0.492 e. The Morgan fingerprint density at radius 3 is 2.90 bits per heavy atom. The van der Waals surface area contributed by atoms with E-state index >= 15 is 0 Å². The Bertz CT molecular complexity index is 1060. The highest BCUT2D eigenvalue weighted by Crippen LogP contribution is 2.39. The Kier molecular flexibility index (Phi) is 5.71. The lowest BCUT2D eigenvalue weighted by Crippen LogP contribution is -2.49. The van der Waals surface area contributed by atoms with Crippen molar-refractivity contribution < 1.29 is 14.3 Å². The van der Waals surface area contributed by atoms with Gasteiger partial charge < -0.3 is 14.4 Å². The van der Waals surface area contributed by atoms with Crippen molar-refractivity contribution in [2.24, 2.45) is 0 Å². The molecule has 8 nitrogen and oxygen atoms in total. The van der Waals surface area contributed by atoms with Crippen molar-refractivity contribution in [2.45, 2.75) is 6.42 Å². The minimum absolute atomic E-state index is 0.0296. The predicted octanol–water partition coefficient (Wildman–Crippen LogP) is 2.54. The number of fused-ring (bicyclic) bond motifs is 3. The maximum atomic E-state index is 13.1. The number of aromatic amines is 1. The van der Waals surface area contributed by atoms with Crippen LogP contribution in [0.4, 0.5) is 0 Å². The zero-order chi connectivity index (χ0) is 21.2.